The Balaban J connectivity index is 2.08. The van der Waals surface area contributed by atoms with Crippen LogP contribution in [0.25, 0.3) is 0 Å². The zero-order valence-corrected chi connectivity index (χ0v) is 14.1. The SMILES string of the molecule is COc1cc(C(C)C)c(Oc2cnc(N)nc2N)cc1C1=NNNN1. The number of nitrogen functional groups attached to an aromatic ring is 2. The van der Waals surface area contributed by atoms with Crippen molar-refractivity contribution in [2.45, 2.75) is 19.8 Å². The Kier molecular flexibility index (Phi) is 4.44. The van der Waals surface area contributed by atoms with Crippen LogP contribution in [0.1, 0.15) is 30.9 Å². The summed E-state index contributed by atoms with van der Waals surface area (Å²) in [5.74, 6) is 2.59. The number of hydrazone groups is 1. The summed E-state index contributed by atoms with van der Waals surface area (Å²) in [6.45, 7) is 4.11. The van der Waals surface area contributed by atoms with Crippen molar-refractivity contribution in [3.8, 4) is 17.2 Å². The molecule has 0 spiro atoms. The van der Waals surface area contributed by atoms with Crippen LogP contribution in [0.5, 0.6) is 17.2 Å². The molecule has 1 aliphatic heterocycles. The lowest BCUT2D eigenvalue weighted by Gasteiger charge is -2.18. The van der Waals surface area contributed by atoms with E-state index >= 15 is 0 Å². The lowest BCUT2D eigenvalue weighted by Crippen LogP contribution is -2.35. The topological polar surface area (TPSA) is 145 Å². The molecule has 0 atom stereocenters. The van der Waals surface area contributed by atoms with E-state index in [0.717, 1.165) is 5.56 Å². The summed E-state index contributed by atoms with van der Waals surface area (Å²) in [7, 11) is 1.60. The molecule has 3 rings (SSSR count). The van der Waals surface area contributed by atoms with Crippen molar-refractivity contribution in [2.24, 2.45) is 5.10 Å². The highest BCUT2D eigenvalue weighted by molar-refractivity contribution is 6.01. The van der Waals surface area contributed by atoms with Gasteiger partial charge in [-0.25, -0.2) is 10.5 Å². The third kappa shape index (κ3) is 3.33. The molecule has 132 valence electrons. The Morgan fingerprint density at radius 3 is 2.52 bits per heavy atom. The van der Waals surface area contributed by atoms with Gasteiger partial charge in [0.1, 0.15) is 11.5 Å². The Bertz CT molecular complexity index is 821. The maximum atomic E-state index is 5.97. The van der Waals surface area contributed by atoms with E-state index in [1.165, 1.54) is 6.20 Å². The predicted molar refractivity (Wildman–Crippen MR) is 94.0 cm³/mol. The maximum Gasteiger partial charge on any atom is 0.222 e. The standard InChI is InChI=1S/C15H20N8O2/c1-7(2)8-4-10(24-3)9(14-20-22-23-21-14)5-11(8)25-12-6-18-15(17)19-13(12)16/h4-7,22-23H,1-3H3,(H,20,21)(H4,16,17,18,19). The van der Waals surface area contributed by atoms with Crippen molar-refractivity contribution in [3.63, 3.8) is 0 Å². The molecule has 10 heteroatoms. The first-order valence-electron chi connectivity index (χ1n) is 7.61. The molecule has 0 unspecified atom stereocenters. The Labute approximate surface area is 144 Å². The van der Waals surface area contributed by atoms with Gasteiger partial charge in [0.15, 0.2) is 17.4 Å². The Morgan fingerprint density at radius 1 is 1.12 bits per heavy atom. The lowest BCUT2D eigenvalue weighted by atomic mass is 9.99. The number of rotatable bonds is 5. The Morgan fingerprint density at radius 2 is 1.92 bits per heavy atom. The second-order valence-electron chi connectivity index (χ2n) is 5.65. The molecule has 7 N–H and O–H groups in total. The number of anilines is 2. The van der Waals surface area contributed by atoms with Crippen molar-refractivity contribution in [2.75, 3.05) is 18.6 Å². The van der Waals surface area contributed by atoms with E-state index in [9.17, 15) is 0 Å². The molecule has 2 heterocycles. The number of benzene rings is 1. The molecular weight excluding hydrogens is 324 g/mol. The zero-order chi connectivity index (χ0) is 18.0. The molecule has 1 aromatic heterocycles. The fraction of sp³-hybridized carbons (Fsp3) is 0.267. The van der Waals surface area contributed by atoms with Crippen molar-refractivity contribution in [1.82, 2.24) is 26.5 Å². The van der Waals surface area contributed by atoms with Gasteiger partial charge in [-0.3, -0.25) is 5.43 Å². The number of nitrogens with zero attached hydrogens (tertiary/aromatic N) is 3. The first kappa shape index (κ1) is 16.6. The van der Waals surface area contributed by atoms with Gasteiger partial charge >= 0.3 is 0 Å². The molecule has 1 aromatic carbocycles. The Hall–Kier alpha value is -3.27. The van der Waals surface area contributed by atoms with Crippen LogP contribution in [-0.2, 0) is 0 Å². The number of ether oxygens (including phenoxy) is 2. The first-order chi connectivity index (χ1) is 12.0. The number of hydrogen-bond acceptors (Lipinski definition) is 10. The molecule has 0 saturated carbocycles. The van der Waals surface area contributed by atoms with Crippen LogP contribution in [0.15, 0.2) is 23.4 Å². The van der Waals surface area contributed by atoms with Crippen molar-refractivity contribution < 1.29 is 9.47 Å². The van der Waals surface area contributed by atoms with E-state index < -0.39 is 0 Å². The van der Waals surface area contributed by atoms with Crippen LogP contribution >= 0.6 is 0 Å². The predicted octanol–water partition coefficient (Wildman–Crippen LogP) is 0.839. The van der Waals surface area contributed by atoms with Gasteiger partial charge in [-0.15, -0.1) is 10.6 Å². The molecule has 0 amide bonds. The summed E-state index contributed by atoms with van der Waals surface area (Å²) >= 11 is 0. The van der Waals surface area contributed by atoms with Crippen LogP contribution < -0.4 is 37.4 Å². The second kappa shape index (κ2) is 6.69. The van der Waals surface area contributed by atoms with E-state index in [0.29, 0.717) is 28.6 Å². The van der Waals surface area contributed by atoms with Gasteiger partial charge in [0.25, 0.3) is 0 Å². The average molecular weight is 344 g/mol. The number of hydrazine groups is 2. The molecule has 25 heavy (non-hydrogen) atoms. The smallest absolute Gasteiger partial charge is 0.222 e. The molecule has 0 saturated heterocycles. The number of nitrogens with one attached hydrogen (secondary N) is 3. The minimum Gasteiger partial charge on any atom is -0.496 e. The molecular formula is C15H20N8O2. The number of methoxy groups -OCH3 is 1. The van der Waals surface area contributed by atoms with Crippen LogP contribution in [-0.4, -0.2) is 22.9 Å². The second-order valence-corrected chi connectivity index (χ2v) is 5.65. The van der Waals surface area contributed by atoms with Crippen LogP contribution in [0, 0.1) is 0 Å². The van der Waals surface area contributed by atoms with Gasteiger partial charge in [-0.2, -0.15) is 4.98 Å². The van der Waals surface area contributed by atoms with Crippen LogP contribution in [0.4, 0.5) is 11.8 Å². The maximum absolute atomic E-state index is 5.97. The zero-order valence-electron chi connectivity index (χ0n) is 14.1. The van der Waals surface area contributed by atoms with Gasteiger partial charge in [-0.1, -0.05) is 13.8 Å². The number of amidine groups is 1. The summed E-state index contributed by atoms with van der Waals surface area (Å²) < 4.78 is 11.5. The lowest BCUT2D eigenvalue weighted by molar-refractivity contribution is 0.409. The van der Waals surface area contributed by atoms with E-state index in [1.807, 2.05) is 12.1 Å². The molecule has 10 nitrogen and oxygen atoms in total. The number of aromatic nitrogens is 2. The monoisotopic (exact) mass is 344 g/mol. The van der Waals surface area contributed by atoms with Crippen molar-refractivity contribution in [1.29, 1.82) is 0 Å². The highest BCUT2D eigenvalue weighted by Gasteiger charge is 2.20. The molecule has 0 radical (unpaired) electrons. The summed E-state index contributed by atoms with van der Waals surface area (Å²) in [5.41, 5.74) is 21.3. The van der Waals surface area contributed by atoms with E-state index in [2.05, 4.69) is 45.4 Å². The minimum absolute atomic E-state index is 0.0889. The highest BCUT2D eigenvalue weighted by atomic mass is 16.5. The molecule has 0 bridgehead atoms. The minimum atomic E-state index is 0.0889. The summed E-state index contributed by atoms with van der Waals surface area (Å²) in [5, 5.41) is 4.11. The summed E-state index contributed by atoms with van der Waals surface area (Å²) in [6, 6.07) is 3.73. The van der Waals surface area contributed by atoms with Gasteiger partial charge < -0.3 is 20.9 Å². The summed E-state index contributed by atoms with van der Waals surface area (Å²) in [4.78, 5) is 7.84. The summed E-state index contributed by atoms with van der Waals surface area (Å²) in [6.07, 6.45) is 1.44. The fourth-order valence-corrected chi connectivity index (χ4v) is 2.39. The van der Waals surface area contributed by atoms with Crippen molar-refractivity contribution >= 4 is 17.6 Å². The third-order valence-electron chi connectivity index (χ3n) is 3.63. The molecule has 1 aliphatic rings. The largest absolute Gasteiger partial charge is 0.496 e. The van der Waals surface area contributed by atoms with E-state index in [1.54, 1.807) is 7.11 Å². The molecule has 0 aliphatic carbocycles. The van der Waals surface area contributed by atoms with E-state index in [-0.39, 0.29) is 17.7 Å². The number of hydrogen-bond donors (Lipinski definition) is 5. The molecule has 2 aromatic rings. The van der Waals surface area contributed by atoms with Gasteiger partial charge in [0.05, 0.1) is 18.9 Å². The van der Waals surface area contributed by atoms with Crippen molar-refractivity contribution in [3.05, 3.63) is 29.5 Å². The van der Waals surface area contributed by atoms with Gasteiger partial charge in [0, 0.05) is 5.56 Å². The van der Waals surface area contributed by atoms with Gasteiger partial charge in [0.2, 0.25) is 5.95 Å². The number of nitrogens with two attached hydrogens (primary N) is 2. The quantitative estimate of drug-likeness (QED) is 0.532. The fourth-order valence-electron chi connectivity index (χ4n) is 2.39. The van der Waals surface area contributed by atoms with Gasteiger partial charge in [-0.05, 0) is 18.1 Å². The highest BCUT2D eigenvalue weighted by Crippen LogP contribution is 2.37. The third-order valence-corrected chi connectivity index (χ3v) is 3.63. The van der Waals surface area contributed by atoms with Crippen LogP contribution in [0.2, 0.25) is 0 Å². The van der Waals surface area contributed by atoms with E-state index in [4.69, 9.17) is 20.9 Å². The van der Waals surface area contributed by atoms with Crippen LogP contribution in [0.3, 0.4) is 0 Å². The average Bonchev–Trinajstić information content (AvgIpc) is 3.11. The molecule has 0 fully saturated rings. The normalized spacial score (nSPS) is 13.2. The first-order valence-corrected chi connectivity index (χ1v) is 7.61.